The van der Waals surface area contributed by atoms with Gasteiger partial charge in [-0.3, -0.25) is 9.69 Å². The molecule has 1 heterocycles. The van der Waals surface area contributed by atoms with Crippen LogP contribution in [-0.4, -0.2) is 35.7 Å². The minimum atomic E-state index is -0.206. The zero-order chi connectivity index (χ0) is 8.27. The predicted octanol–water partition coefficient (Wildman–Crippen LogP) is -0.867. The molecule has 0 bridgehead atoms. The summed E-state index contributed by atoms with van der Waals surface area (Å²) in [5.74, 6) is -0.180. The van der Waals surface area contributed by atoms with Gasteiger partial charge in [0.2, 0.25) is 5.91 Å². The van der Waals surface area contributed by atoms with E-state index >= 15 is 0 Å². The maximum absolute atomic E-state index is 10.7. The fourth-order valence-corrected chi connectivity index (χ4v) is 1.36. The molecule has 0 aliphatic carbocycles. The summed E-state index contributed by atoms with van der Waals surface area (Å²) < 4.78 is 0. The van der Waals surface area contributed by atoms with Gasteiger partial charge in [-0.05, 0) is 12.8 Å². The van der Waals surface area contributed by atoms with Crippen LogP contribution in [0.25, 0.3) is 0 Å². The second kappa shape index (κ2) is 3.69. The highest BCUT2D eigenvalue weighted by Gasteiger charge is 2.21. The van der Waals surface area contributed by atoms with Crippen LogP contribution in [0.15, 0.2) is 0 Å². The molecule has 0 spiro atoms. The number of aliphatic hydroxyl groups excluding tert-OH is 1. The molecule has 64 valence electrons. The Kier molecular flexibility index (Phi) is 2.84. The van der Waals surface area contributed by atoms with Crippen molar-refractivity contribution in [3.63, 3.8) is 0 Å². The molecule has 1 saturated heterocycles. The molecule has 4 heteroatoms. The summed E-state index contributed by atoms with van der Waals surface area (Å²) in [7, 11) is 0. The van der Waals surface area contributed by atoms with Gasteiger partial charge in [0.05, 0.1) is 6.73 Å². The van der Waals surface area contributed by atoms with E-state index in [1.807, 2.05) is 4.90 Å². The number of aliphatic hydroxyl groups is 1. The number of likely N-dealkylation sites (tertiary alicyclic amines) is 1. The summed E-state index contributed by atoms with van der Waals surface area (Å²) in [6.07, 6.45) is 1.58. The maximum atomic E-state index is 10.7. The van der Waals surface area contributed by atoms with E-state index in [4.69, 9.17) is 10.8 Å². The minimum absolute atomic E-state index is 0.0257. The number of hydrogen-bond acceptors (Lipinski definition) is 3. The maximum Gasteiger partial charge on any atom is 0.220 e. The van der Waals surface area contributed by atoms with E-state index in [1.54, 1.807) is 0 Å². The Labute approximate surface area is 66.0 Å². The van der Waals surface area contributed by atoms with Crippen LogP contribution in [0.3, 0.4) is 0 Å². The molecule has 0 radical (unpaired) electrons. The van der Waals surface area contributed by atoms with Crippen molar-refractivity contribution in [1.29, 1.82) is 0 Å². The van der Waals surface area contributed by atoms with Crippen LogP contribution in [0.4, 0.5) is 0 Å². The first-order valence-electron chi connectivity index (χ1n) is 3.86. The van der Waals surface area contributed by atoms with Gasteiger partial charge in [-0.15, -0.1) is 0 Å². The second-order valence-electron chi connectivity index (χ2n) is 2.94. The summed E-state index contributed by atoms with van der Waals surface area (Å²) >= 11 is 0. The highest BCUT2D eigenvalue weighted by Crippen LogP contribution is 2.15. The molecule has 0 aromatic rings. The van der Waals surface area contributed by atoms with Crippen LogP contribution >= 0.6 is 0 Å². The third-order valence-electron chi connectivity index (χ3n) is 2.19. The average molecular weight is 158 g/mol. The Hall–Kier alpha value is -0.610. The molecule has 1 aliphatic rings. The lowest BCUT2D eigenvalue weighted by Crippen LogP contribution is -2.38. The monoisotopic (exact) mass is 158 g/mol. The van der Waals surface area contributed by atoms with Gasteiger partial charge in [0.15, 0.2) is 0 Å². The minimum Gasteiger partial charge on any atom is -0.381 e. The predicted molar refractivity (Wildman–Crippen MR) is 40.6 cm³/mol. The number of piperidine rings is 1. The molecule has 0 saturated carbocycles. The summed E-state index contributed by atoms with van der Waals surface area (Å²) in [5, 5.41) is 8.73. The number of primary amides is 1. The van der Waals surface area contributed by atoms with Gasteiger partial charge in [-0.25, -0.2) is 0 Å². The molecule has 3 N–H and O–H groups in total. The van der Waals surface area contributed by atoms with Crippen molar-refractivity contribution in [3.05, 3.63) is 0 Å². The van der Waals surface area contributed by atoms with Gasteiger partial charge in [0.25, 0.3) is 0 Å². The smallest absolute Gasteiger partial charge is 0.220 e. The fourth-order valence-electron chi connectivity index (χ4n) is 1.36. The molecule has 1 fully saturated rings. The van der Waals surface area contributed by atoms with Gasteiger partial charge >= 0.3 is 0 Å². The molecule has 1 rings (SSSR count). The molecule has 0 unspecified atom stereocenters. The summed E-state index contributed by atoms with van der Waals surface area (Å²) in [5.41, 5.74) is 5.13. The molecule has 0 aromatic heterocycles. The SMILES string of the molecule is NC(=O)C1CCN(CO)CC1. The van der Waals surface area contributed by atoms with Gasteiger partial charge in [0, 0.05) is 19.0 Å². The highest BCUT2D eigenvalue weighted by atomic mass is 16.3. The van der Waals surface area contributed by atoms with Crippen molar-refractivity contribution >= 4 is 5.91 Å². The fraction of sp³-hybridized carbons (Fsp3) is 0.857. The van der Waals surface area contributed by atoms with Crippen molar-refractivity contribution in [1.82, 2.24) is 4.90 Å². The molecular formula is C7H14N2O2. The topological polar surface area (TPSA) is 66.6 Å². The lowest BCUT2D eigenvalue weighted by molar-refractivity contribution is -0.123. The molecular weight excluding hydrogens is 144 g/mol. The Morgan fingerprint density at radius 3 is 2.45 bits per heavy atom. The lowest BCUT2D eigenvalue weighted by Gasteiger charge is -2.28. The first-order chi connectivity index (χ1) is 5.24. The Bertz CT molecular complexity index is 141. The van der Waals surface area contributed by atoms with Gasteiger partial charge < -0.3 is 10.8 Å². The number of nitrogens with two attached hydrogens (primary N) is 1. The summed E-state index contributed by atoms with van der Waals surface area (Å²) in [4.78, 5) is 12.6. The van der Waals surface area contributed by atoms with Crippen molar-refractivity contribution in [2.45, 2.75) is 12.8 Å². The Balaban J connectivity index is 2.30. The van der Waals surface area contributed by atoms with E-state index < -0.39 is 0 Å². The van der Waals surface area contributed by atoms with Crippen LogP contribution in [-0.2, 0) is 4.79 Å². The van der Waals surface area contributed by atoms with Crippen molar-refractivity contribution in [2.75, 3.05) is 19.8 Å². The normalized spacial score (nSPS) is 21.9. The largest absolute Gasteiger partial charge is 0.381 e. The Morgan fingerprint density at radius 2 is 2.09 bits per heavy atom. The first-order valence-corrected chi connectivity index (χ1v) is 3.86. The molecule has 0 aromatic carbocycles. The zero-order valence-electron chi connectivity index (χ0n) is 6.49. The van der Waals surface area contributed by atoms with Gasteiger partial charge in [-0.2, -0.15) is 0 Å². The standard InChI is InChI=1S/C7H14N2O2/c8-7(11)6-1-3-9(5-10)4-2-6/h6,10H,1-5H2,(H2,8,11). The number of nitrogens with zero attached hydrogens (tertiary/aromatic N) is 1. The molecule has 0 atom stereocenters. The third-order valence-corrected chi connectivity index (χ3v) is 2.19. The third kappa shape index (κ3) is 2.17. The molecule has 1 aliphatic heterocycles. The number of carbonyl (C=O) groups excluding carboxylic acids is 1. The quantitative estimate of drug-likeness (QED) is 0.549. The van der Waals surface area contributed by atoms with E-state index in [1.165, 1.54) is 0 Å². The van der Waals surface area contributed by atoms with Crippen LogP contribution in [0, 0.1) is 5.92 Å². The summed E-state index contributed by atoms with van der Waals surface area (Å²) in [6, 6.07) is 0. The molecule has 4 nitrogen and oxygen atoms in total. The van der Waals surface area contributed by atoms with Gasteiger partial charge in [-0.1, -0.05) is 0 Å². The number of amides is 1. The van der Waals surface area contributed by atoms with Crippen molar-refractivity contribution < 1.29 is 9.90 Å². The van der Waals surface area contributed by atoms with Crippen LogP contribution in [0.5, 0.6) is 0 Å². The van der Waals surface area contributed by atoms with Crippen molar-refractivity contribution in [2.24, 2.45) is 11.7 Å². The number of rotatable bonds is 2. The van der Waals surface area contributed by atoms with Crippen LogP contribution in [0.2, 0.25) is 0 Å². The number of hydrogen-bond donors (Lipinski definition) is 2. The molecule has 11 heavy (non-hydrogen) atoms. The number of carbonyl (C=O) groups is 1. The van der Waals surface area contributed by atoms with E-state index in [2.05, 4.69) is 0 Å². The zero-order valence-corrected chi connectivity index (χ0v) is 6.49. The van der Waals surface area contributed by atoms with E-state index in [-0.39, 0.29) is 18.6 Å². The van der Waals surface area contributed by atoms with Crippen molar-refractivity contribution in [3.8, 4) is 0 Å². The van der Waals surface area contributed by atoms with Crippen LogP contribution < -0.4 is 5.73 Å². The van der Waals surface area contributed by atoms with Gasteiger partial charge in [0.1, 0.15) is 0 Å². The summed E-state index contributed by atoms with van der Waals surface area (Å²) in [6.45, 7) is 1.65. The van der Waals surface area contributed by atoms with E-state index in [9.17, 15) is 4.79 Å². The van der Waals surface area contributed by atoms with Crippen LogP contribution in [0.1, 0.15) is 12.8 Å². The Morgan fingerprint density at radius 1 is 1.55 bits per heavy atom. The van der Waals surface area contributed by atoms with E-state index in [0.29, 0.717) is 0 Å². The van der Waals surface area contributed by atoms with E-state index in [0.717, 1.165) is 25.9 Å². The lowest BCUT2D eigenvalue weighted by atomic mass is 9.97. The molecule has 1 amide bonds. The highest BCUT2D eigenvalue weighted by molar-refractivity contribution is 5.76. The first kappa shape index (κ1) is 8.49. The second-order valence-corrected chi connectivity index (χ2v) is 2.94. The average Bonchev–Trinajstić information content (AvgIpc) is 2.05.